The molecule has 1 fully saturated rings. The first-order chi connectivity index (χ1) is 6.73. The van der Waals surface area contributed by atoms with Crippen molar-refractivity contribution >= 4 is 0 Å². The summed E-state index contributed by atoms with van der Waals surface area (Å²) in [5.41, 5.74) is -0.968. The number of rotatable bonds is 3. The van der Waals surface area contributed by atoms with Crippen LogP contribution in [0.25, 0.3) is 0 Å². The van der Waals surface area contributed by atoms with Gasteiger partial charge in [0.1, 0.15) is 11.5 Å². The molecule has 0 unspecified atom stereocenters. The van der Waals surface area contributed by atoms with Crippen LogP contribution in [0.1, 0.15) is 38.4 Å². The van der Waals surface area contributed by atoms with E-state index in [0.717, 1.165) is 25.1 Å². The molecule has 3 heteroatoms. The Hall–Kier alpha value is -0.860. The Labute approximate surface area is 84.1 Å². The molecule has 2 rings (SSSR count). The molecular weight excluding hydrogens is 179 g/mol. The fourth-order valence-corrected chi connectivity index (χ4v) is 2.27. The van der Waals surface area contributed by atoms with E-state index in [2.05, 4.69) is 11.9 Å². The molecule has 0 amide bonds. The van der Waals surface area contributed by atoms with E-state index >= 15 is 0 Å². The molecule has 1 heterocycles. The molecule has 0 aromatic carbocycles. The van der Waals surface area contributed by atoms with Crippen LogP contribution in [0, 0.1) is 0 Å². The van der Waals surface area contributed by atoms with Gasteiger partial charge in [0.05, 0.1) is 6.54 Å². The van der Waals surface area contributed by atoms with Crippen LogP contribution in [0.4, 0.5) is 4.39 Å². The quantitative estimate of drug-likeness (QED) is 0.726. The van der Waals surface area contributed by atoms with Crippen molar-refractivity contribution in [1.29, 1.82) is 0 Å². The second-order valence-electron chi connectivity index (χ2n) is 4.18. The summed E-state index contributed by atoms with van der Waals surface area (Å²) >= 11 is 0. The standard InChI is InChI=1S/C11H17FN2/c1-2-10-13-7-8-14(10)9-11(12)5-3-4-6-11/h7-8H,2-6,9H2,1H3. The fourth-order valence-electron chi connectivity index (χ4n) is 2.27. The Morgan fingerprint density at radius 2 is 2.21 bits per heavy atom. The van der Waals surface area contributed by atoms with Crippen molar-refractivity contribution in [3.8, 4) is 0 Å². The highest BCUT2D eigenvalue weighted by Crippen LogP contribution is 2.34. The molecule has 0 atom stereocenters. The Bertz CT molecular complexity index is 300. The maximum atomic E-state index is 14.1. The van der Waals surface area contributed by atoms with Gasteiger partial charge in [-0.3, -0.25) is 0 Å². The van der Waals surface area contributed by atoms with E-state index in [4.69, 9.17) is 0 Å². The normalized spacial score (nSPS) is 20.1. The number of halogens is 1. The van der Waals surface area contributed by atoms with Gasteiger partial charge >= 0.3 is 0 Å². The summed E-state index contributed by atoms with van der Waals surface area (Å²) in [6.07, 6.45) is 8.03. The van der Waals surface area contributed by atoms with Crippen molar-refractivity contribution in [1.82, 2.24) is 9.55 Å². The molecule has 2 nitrogen and oxygen atoms in total. The molecule has 0 aliphatic heterocycles. The minimum absolute atomic E-state index is 0.496. The number of alkyl halides is 1. The summed E-state index contributed by atoms with van der Waals surface area (Å²) in [6.45, 7) is 2.55. The van der Waals surface area contributed by atoms with Crippen LogP contribution in [-0.4, -0.2) is 15.2 Å². The van der Waals surface area contributed by atoms with Crippen LogP contribution >= 0.6 is 0 Å². The van der Waals surface area contributed by atoms with E-state index in [1.165, 1.54) is 0 Å². The topological polar surface area (TPSA) is 17.8 Å². The van der Waals surface area contributed by atoms with Gasteiger partial charge in [-0.2, -0.15) is 0 Å². The lowest BCUT2D eigenvalue weighted by molar-refractivity contribution is 0.144. The summed E-state index contributed by atoms with van der Waals surface area (Å²) in [5, 5.41) is 0. The van der Waals surface area contributed by atoms with Crippen molar-refractivity contribution in [2.24, 2.45) is 0 Å². The molecule has 1 aromatic rings. The monoisotopic (exact) mass is 196 g/mol. The van der Waals surface area contributed by atoms with Gasteiger partial charge in [-0.05, 0) is 12.8 Å². The lowest BCUT2D eigenvalue weighted by atomic mass is 10.1. The second-order valence-corrected chi connectivity index (χ2v) is 4.18. The molecule has 1 aliphatic rings. The molecule has 0 saturated heterocycles. The third-order valence-corrected chi connectivity index (χ3v) is 3.07. The van der Waals surface area contributed by atoms with Crippen LogP contribution < -0.4 is 0 Å². The predicted octanol–water partition coefficient (Wildman–Crippen LogP) is 2.73. The first kappa shape index (κ1) is 9.69. The van der Waals surface area contributed by atoms with Crippen molar-refractivity contribution in [2.75, 3.05) is 0 Å². The van der Waals surface area contributed by atoms with Crippen LogP contribution in [0.2, 0.25) is 0 Å². The fraction of sp³-hybridized carbons (Fsp3) is 0.727. The first-order valence-corrected chi connectivity index (χ1v) is 5.42. The van der Waals surface area contributed by atoms with Crippen molar-refractivity contribution in [3.63, 3.8) is 0 Å². The smallest absolute Gasteiger partial charge is 0.128 e. The predicted molar refractivity (Wildman–Crippen MR) is 53.9 cm³/mol. The van der Waals surface area contributed by atoms with E-state index in [9.17, 15) is 4.39 Å². The maximum absolute atomic E-state index is 14.1. The molecule has 0 radical (unpaired) electrons. The number of imidazole rings is 1. The van der Waals surface area contributed by atoms with E-state index in [1.54, 1.807) is 6.20 Å². The second kappa shape index (κ2) is 3.71. The van der Waals surface area contributed by atoms with Gasteiger partial charge in [-0.15, -0.1) is 0 Å². The highest BCUT2D eigenvalue weighted by molar-refractivity contribution is 4.96. The van der Waals surface area contributed by atoms with Gasteiger partial charge < -0.3 is 4.57 Å². The molecule has 78 valence electrons. The number of aryl methyl sites for hydroxylation is 1. The van der Waals surface area contributed by atoms with Crippen molar-refractivity contribution in [3.05, 3.63) is 18.2 Å². The van der Waals surface area contributed by atoms with Gasteiger partial charge in [-0.25, -0.2) is 9.37 Å². The van der Waals surface area contributed by atoms with Crippen LogP contribution in [0.3, 0.4) is 0 Å². The lowest BCUT2D eigenvalue weighted by Gasteiger charge is -2.20. The Kier molecular flexibility index (Phi) is 2.57. The Morgan fingerprint density at radius 3 is 2.86 bits per heavy atom. The molecule has 1 aliphatic carbocycles. The van der Waals surface area contributed by atoms with Crippen LogP contribution in [0.15, 0.2) is 12.4 Å². The third kappa shape index (κ3) is 1.81. The average molecular weight is 196 g/mol. The summed E-state index contributed by atoms with van der Waals surface area (Å²) in [5.74, 6) is 0.994. The van der Waals surface area contributed by atoms with Gasteiger partial charge in [0.2, 0.25) is 0 Å². The number of hydrogen-bond donors (Lipinski definition) is 0. The molecule has 1 aromatic heterocycles. The van der Waals surface area contributed by atoms with Crippen LogP contribution in [-0.2, 0) is 13.0 Å². The Morgan fingerprint density at radius 1 is 1.50 bits per heavy atom. The molecule has 1 saturated carbocycles. The summed E-state index contributed by atoms with van der Waals surface area (Å²) in [4.78, 5) is 4.20. The first-order valence-electron chi connectivity index (χ1n) is 5.42. The zero-order valence-corrected chi connectivity index (χ0v) is 8.67. The average Bonchev–Trinajstić information content (AvgIpc) is 2.75. The van der Waals surface area contributed by atoms with E-state index in [1.807, 2.05) is 10.8 Å². The highest BCUT2D eigenvalue weighted by atomic mass is 19.1. The van der Waals surface area contributed by atoms with E-state index < -0.39 is 5.67 Å². The van der Waals surface area contributed by atoms with Gasteiger partial charge in [-0.1, -0.05) is 19.8 Å². The van der Waals surface area contributed by atoms with Crippen molar-refractivity contribution in [2.45, 2.75) is 51.2 Å². The maximum Gasteiger partial charge on any atom is 0.128 e. The van der Waals surface area contributed by atoms with Crippen molar-refractivity contribution < 1.29 is 4.39 Å². The minimum atomic E-state index is -0.968. The highest BCUT2D eigenvalue weighted by Gasteiger charge is 2.34. The summed E-state index contributed by atoms with van der Waals surface area (Å²) in [6, 6.07) is 0. The Balaban J connectivity index is 2.09. The molecule has 0 N–H and O–H groups in total. The summed E-state index contributed by atoms with van der Waals surface area (Å²) < 4.78 is 16.1. The SMILES string of the molecule is CCc1nccn1CC1(F)CCCC1. The molecule has 14 heavy (non-hydrogen) atoms. The van der Waals surface area contributed by atoms with E-state index in [-0.39, 0.29) is 0 Å². The van der Waals surface area contributed by atoms with Crippen LogP contribution in [0.5, 0.6) is 0 Å². The molecule has 0 spiro atoms. The molecule has 0 bridgehead atoms. The number of aromatic nitrogens is 2. The van der Waals surface area contributed by atoms with Gasteiger partial charge in [0, 0.05) is 18.8 Å². The summed E-state index contributed by atoms with van der Waals surface area (Å²) in [7, 11) is 0. The molecular formula is C11H17FN2. The zero-order chi connectivity index (χ0) is 10.0. The largest absolute Gasteiger partial charge is 0.332 e. The van der Waals surface area contributed by atoms with E-state index in [0.29, 0.717) is 19.4 Å². The van der Waals surface area contributed by atoms with Gasteiger partial charge in [0.25, 0.3) is 0 Å². The zero-order valence-electron chi connectivity index (χ0n) is 8.67. The number of hydrogen-bond acceptors (Lipinski definition) is 1. The minimum Gasteiger partial charge on any atom is -0.332 e. The third-order valence-electron chi connectivity index (χ3n) is 3.07. The number of nitrogens with zero attached hydrogens (tertiary/aromatic N) is 2. The lowest BCUT2D eigenvalue weighted by Crippen LogP contribution is -2.25. The van der Waals surface area contributed by atoms with Gasteiger partial charge in [0.15, 0.2) is 0 Å².